The van der Waals surface area contributed by atoms with Crippen LogP contribution in [0.4, 0.5) is 0 Å². The molecule has 1 aromatic carbocycles. The first-order valence-corrected chi connectivity index (χ1v) is 9.86. The van der Waals surface area contributed by atoms with Crippen LogP contribution in [0.2, 0.25) is 5.02 Å². The summed E-state index contributed by atoms with van der Waals surface area (Å²) in [6.07, 6.45) is 4.19. The van der Waals surface area contributed by atoms with Crippen molar-refractivity contribution in [2.45, 2.75) is 25.7 Å². The number of thioether (sulfide) groups is 1. The molecule has 0 saturated heterocycles. The number of halogens is 1. The van der Waals surface area contributed by atoms with Crippen LogP contribution in [0.25, 0.3) is 0 Å². The molecule has 1 aliphatic carbocycles. The minimum Gasteiger partial charge on any atom is -0.496 e. The standard InChI is InChI=1S/C19H17ClN2O4S/c1-25-13-7-6-10(20)8-12(13)19(24)26-9-15-21-17(23)16-11-4-2-3-5-14(11)27-18(16)22-15/h6-8,16H,2-5,9H2,1H3. The van der Waals surface area contributed by atoms with Gasteiger partial charge in [0, 0.05) is 5.02 Å². The van der Waals surface area contributed by atoms with Crippen LogP contribution in [0.15, 0.2) is 38.7 Å². The molecule has 0 aromatic heterocycles. The molecule has 0 N–H and O–H groups in total. The Morgan fingerprint density at radius 2 is 2.11 bits per heavy atom. The topological polar surface area (TPSA) is 77.3 Å². The van der Waals surface area contributed by atoms with Gasteiger partial charge in [0.25, 0.3) is 5.91 Å². The summed E-state index contributed by atoms with van der Waals surface area (Å²) in [7, 11) is 1.46. The Bertz CT molecular complexity index is 922. The van der Waals surface area contributed by atoms with Crippen molar-refractivity contribution in [2.24, 2.45) is 15.9 Å². The lowest BCUT2D eigenvalue weighted by molar-refractivity contribution is -0.118. The van der Waals surface area contributed by atoms with E-state index < -0.39 is 5.97 Å². The SMILES string of the molecule is COc1ccc(Cl)cc1C(=O)OCC1=NC(=O)C2C(=N1)SC1=C2CCCC1. The molecule has 1 amide bonds. The van der Waals surface area contributed by atoms with Crippen LogP contribution >= 0.6 is 23.4 Å². The molecule has 1 atom stereocenters. The van der Waals surface area contributed by atoms with Gasteiger partial charge < -0.3 is 9.47 Å². The quantitative estimate of drug-likeness (QED) is 0.708. The normalized spacial score (nSPS) is 21.3. The van der Waals surface area contributed by atoms with Gasteiger partial charge in [-0.1, -0.05) is 23.4 Å². The zero-order valence-electron chi connectivity index (χ0n) is 14.7. The van der Waals surface area contributed by atoms with E-state index in [4.69, 9.17) is 21.1 Å². The van der Waals surface area contributed by atoms with E-state index in [0.717, 1.165) is 30.7 Å². The Morgan fingerprint density at radius 3 is 2.93 bits per heavy atom. The van der Waals surface area contributed by atoms with E-state index in [1.54, 1.807) is 23.9 Å². The maximum atomic E-state index is 12.5. The summed E-state index contributed by atoms with van der Waals surface area (Å²) in [6, 6.07) is 4.69. The molecule has 1 unspecified atom stereocenters. The first kappa shape index (κ1) is 18.3. The molecule has 3 aliphatic rings. The summed E-state index contributed by atoms with van der Waals surface area (Å²) in [4.78, 5) is 34.7. The van der Waals surface area contributed by atoms with E-state index in [9.17, 15) is 9.59 Å². The number of rotatable bonds is 4. The number of nitrogens with zero attached hydrogens (tertiary/aromatic N) is 2. The van der Waals surface area contributed by atoms with Crippen LogP contribution in [0.5, 0.6) is 5.75 Å². The number of hydrogen-bond acceptors (Lipinski definition) is 6. The fraction of sp³-hybridized carbons (Fsp3) is 0.368. The third-order valence-corrected chi connectivity index (χ3v) is 6.20. The number of ether oxygens (including phenoxy) is 2. The second-order valence-corrected chi connectivity index (χ2v) is 7.98. The fourth-order valence-corrected chi connectivity index (χ4v) is 4.99. The van der Waals surface area contributed by atoms with Gasteiger partial charge in [-0.3, -0.25) is 4.79 Å². The number of aliphatic imine (C=N–C) groups is 2. The van der Waals surface area contributed by atoms with E-state index >= 15 is 0 Å². The molecule has 0 saturated carbocycles. The van der Waals surface area contributed by atoms with Crippen LogP contribution in [-0.2, 0) is 9.53 Å². The van der Waals surface area contributed by atoms with Crippen LogP contribution in [-0.4, -0.2) is 36.5 Å². The average molecular weight is 405 g/mol. The lowest BCUT2D eigenvalue weighted by atomic mass is 9.89. The number of benzene rings is 1. The Hall–Kier alpha value is -2.12. The lowest BCUT2D eigenvalue weighted by Gasteiger charge is -2.18. The van der Waals surface area contributed by atoms with Gasteiger partial charge in [-0.25, -0.2) is 9.79 Å². The molecular formula is C19H17ClN2O4S. The van der Waals surface area contributed by atoms with Crippen LogP contribution < -0.4 is 4.74 Å². The van der Waals surface area contributed by atoms with Crippen molar-refractivity contribution in [1.29, 1.82) is 0 Å². The molecule has 0 radical (unpaired) electrons. The Morgan fingerprint density at radius 1 is 1.30 bits per heavy atom. The number of esters is 1. The smallest absolute Gasteiger partial charge is 0.342 e. The number of hydrogen-bond donors (Lipinski definition) is 0. The number of carbonyl (C=O) groups excluding carboxylic acids is 2. The van der Waals surface area contributed by atoms with Gasteiger partial charge in [0.2, 0.25) is 0 Å². The summed E-state index contributed by atoms with van der Waals surface area (Å²) >= 11 is 7.52. The van der Waals surface area contributed by atoms with Gasteiger partial charge in [-0.15, -0.1) is 0 Å². The largest absolute Gasteiger partial charge is 0.496 e. The highest BCUT2D eigenvalue weighted by Gasteiger charge is 2.40. The van der Waals surface area contributed by atoms with Crippen molar-refractivity contribution in [1.82, 2.24) is 0 Å². The molecule has 2 aliphatic heterocycles. The van der Waals surface area contributed by atoms with Gasteiger partial charge >= 0.3 is 5.97 Å². The summed E-state index contributed by atoms with van der Waals surface area (Å²) in [6.45, 7) is -0.179. The molecule has 140 valence electrons. The van der Waals surface area contributed by atoms with E-state index in [-0.39, 0.29) is 29.8 Å². The number of allylic oxidation sites excluding steroid dienone is 1. The van der Waals surface area contributed by atoms with E-state index in [0.29, 0.717) is 10.8 Å². The maximum Gasteiger partial charge on any atom is 0.342 e. The highest BCUT2D eigenvalue weighted by atomic mass is 35.5. The van der Waals surface area contributed by atoms with Crippen LogP contribution in [0, 0.1) is 5.92 Å². The van der Waals surface area contributed by atoms with Crippen molar-refractivity contribution < 1.29 is 19.1 Å². The second-order valence-electron chi connectivity index (χ2n) is 6.43. The minimum absolute atomic E-state index is 0.179. The number of fused-ring (bicyclic) bond motifs is 2. The zero-order valence-corrected chi connectivity index (χ0v) is 16.2. The highest BCUT2D eigenvalue weighted by Crippen LogP contribution is 2.47. The molecular weight excluding hydrogens is 388 g/mol. The second kappa shape index (κ2) is 7.48. The molecule has 2 heterocycles. The fourth-order valence-electron chi connectivity index (χ4n) is 3.46. The minimum atomic E-state index is -0.608. The van der Waals surface area contributed by atoms with Crippen molar-refractivity contribution >= 4 is 46.1 Å². The van der Waals surface area contributed by atoms with Crippen molar-refractivity contribution in [2.75, 3.05) is 13.7 Å². The molecule has 27 heavy (non-hydrogen) atoms. The Kier molecular flexibility index (Phi) is 5.06. The van der Waals surface area contributed by atoms with E-state index in [1.165, 1.54) is 23.7 Å². The molecule has 8 heteroatoms. The number of carbonyl (C=O) groups is 2. The van der Waals surface area contributed by atoms with Crippen molar-refractivity contribution in [3.8, 4) is 5.75 Å². The molecule has 1 aromatic rings. The lowest BCUT2D eigenvalue weighted by Crippen LogP contribution is -2.28. The molecule has 6 nitrogen and oxygen atoms in total. The first-order chi connectivity index (χ1) is 13.1. The maximum absolute atomic E-state index is 12.5. The van der Waals surface area contributed by atoms with Gasteiger partial charge in [0.15, 0.2) is 12.4 Å². The van der Waals surface area contributed by atoms with Crippen LogP contribution in [0.3, 0.4) is 0 Å². The number of amidine groups is 1. The zero-order chi connectivity index (χ0) is 19.0. The molecule has 0 fully saturated rings. The van der Waals surface area contributed by atoms with Crippen molar-refractivity contribution in [3.63, 3.8) is 0 Å². The van der Waals surface area contributed by atoms with E-state index in [2.05, 4.69) is 9.98 Å². The van der Waals surface area contributed by atoms with Gasteiger partial charge in [-0.2, -0.15) is 4.99 Å². The summed E-state index contributed by atoms with van der Waals surface area (Å²) < 4.78 is 10.5. The van der Waals surface area contributed by atoms with Gasteiger partial charge in [-0.05, 0) is 54.4 Å². The van der Waals surface area contributed by atoms with Gasteiger partial charge in [0.05, 0.1) is 12.2 Å². The average Bonchev–Trinajstić information content (AvgIpc) is 3.05. The molecule has 0 spiro atoms. The monoisotopic (exact) mass is 404 g/mol. The summed E-state index contributed by atoms with van der Waals surface area (Å²) in [5.74, 6) is -0.569. The van der Waals surface area contributed by atoms with Crippen LogP contribution in [0.1, 0.15) is 36.0 Å². The first-order valence-electron chi connectivity index (χ1n) is 8.67. The molecule has 4 rings (SSSR count). The highest BCUT2D eigenvalue weighted by molar-refractivity contribution is 8.17. The number of methoxy groups -OCH3 is 1. The summed E-state index contributed by atoms with van der Waals surface area (Å²) in [5.41, 5.74) is 1.39. The third kappa shape index (κ3) is 3.53. The van der Waals surface area contributed by atoms with Crippen molar-refractivity contribution in [3.05, 3.63) is 39.3 Å². The third-order valence-electron chi connectivity index (χ3n) is 4.72. The summed E-state index contributed by atoms with van der Waals surface area (Å²) in [5, 5.41) is 1.16. The Labute approximate surface area is 165 Å². The predicted octanol–water partition coefficient (Wildman–Crippen LogP) is 4.03. The Balaban J connectivity index is 1.47. The van der Waals surface area contributed by atoms with E-state index in [1.807, 2.05) is 0 Å². The van der Waals surface area contributed by atoms with Gasteiger partial charge in [0.1, 0.15) is 17.2 Å². The molecule has 0 bridgehead atoms. The number of amides is 1. The predicted molar refractivity (Wildman–Crippen MR) is 105 cm³/mol.